The lowest BCUT2D eigenvalue weighted by Gasteiger charge is -2.09. The number of carbonyl (C=O) groups excluding carboxylic acids is 1. The number of hydrogen-bond acceptors (Lipinski definition) is 3. The molecule has 1 aromatic carbocycles. The minimum atomic E-state index is -4.48. The number of nitrogens with zero attached hydrogens (tertiary/aromatic N) is 2. The van der Waals surface area contributed by atoms with E-state index in [0.29, 0.717) is 3.57 Å². The number of alkyl halides is 3. The van der Waals surface area contributed by atoms with Gasteiger partial charge in [-0.2, -0.15) is 28.6 Å². The lowest BCUT2D eigenvalue weighted by atomic mass is 10.1. The van der Waals surface area contributed by atoms with Crippen LogP contribution in [0.2, 0.25) is 0 Å². The van der Waals surface area contributed by atoms with E-state index in [1.807, 2.05) is 0 Å². The number of H-pyrrole nitrogens is 1. The third-order valence-corrected chi connectivity index (χ3v) is 2.90. The zero-order chi connectivity index (χ0) is 14.2. The van der Waals surface area contributed by atoms with Gasteiger partial charge in [-0.05, 0) is 40.8 Å². The monoisotopic (exact) mass is 382 g/mol. The van der Waals surface area contributed by atoms with Crippen molar-refractivity contribution in [3.63, 3.8) is 0 Å². The Morgan fingerprint density at radius 1 is 1.26 bits per heavy atom. The van der Waals surface area contributed by atoms with E-state index in [2.05, 4.69) is 15.4 Å². The number of benzene rings is 1. The van der Waals surface area contributed by atoms with Crippen LogP contribution in [0.3, 0.4) is 0 Å². The van der Waals surface area contributed by atoms with Crippen molar-refractivity contribution in [2.75, 3.05) is 0 Å². The topological polar surface area (TPSA) is 84.7 Å². The Hall–Kier alpha value is -1.65. The number of amides is 1. The molecule has 0 aliphatic carbocycles. The van der Waals surface area contributed by atoms with Crippen LogP contribution < -0.4 is 5.73 Å². The number of hydrogen-bond donors (Lipinski definition) is 2. The van der Waals surface area contributed by atoms with E-state index in [-0.39, 0.29) is 17.0 Å². The highest BCUT2D eigenvalue weighted by molar-refractivity contribution is 14.1. The van der Waals surface area contributed by atoms with Crippen LogP contribution in [0.15, 0.2) is 18.2 Å². The fourth-order valence-electron chi connectivity index (χ4n) is 1.49. The fraction of sp³-hybridized carbons (Fsp3) is 0.100. The Kier molecular flexibility index (Phi) is 3.47. The average molecular weight is 382 g/mol. The van der Waals surface area contributed by atoms with Gasteiger partial charge in [0.2, 0.25) is 0 Å². The summed E-state index contributed by atoms with van der Waals surface area (Å²) in [6.07, 6.45) is -4.48. The van der Waals surface area contributed by atoms with Crippen LogP contribution in [0.5, 0.6) is 0 Å². The van der Waals surface area contributed by atoms with Crippen LogP contribution in [-0.4, -0.2) is 21.3 Å². The minimum absolute atomic E-state index is 0.00323. The Morgan fingerprint density at radius 2 is 1.95 bits per heavy atom. The van der Waals surface area contributed by atoms with Crippen LogP contribution >= 0.6 is 22.6 Å². The molecule has 3 N–H and O–H groups in total. The molecule has 100 valence electrons. The van der Waals surface area contributed by atoms with Crippen LogP contribution in [0.25, 0.3) is 11.3 Å². The zero-order valence-corrected chi connectivity index (χ0v) is 11.3. The van der Waals surface area contributed by atoms with Gasteiger partial charge in [-0.15, -0.1) is 0 Å². The Bertz CT molecular complexity index is 638. The summed E-state index contributed by atoms with van der Waals surface area (Å²) >= 11 is 1.75. The van der Waals surface area contributed by atoms with Crippen molar-refractivity contribution in [2.45, 2.75) is 6.18 Å². The van der Waals surface area contributed by atoms with Gasteiger partial charge in [0.1, 0.15) is 5.69 Å². The number of carbonyl (C=O) groups is 1. The molecule has 1 heterocycles. The SMILES string of the molecule is NC(=O)c1n[nH]nc1-c1cc(I)cc(C(F)(F)F)c1. The second kappa shape index (κ2) is 4.79. The molecule has 0 saturated heterocycles. The predicted molar refractivity (Wildman–Crippen MR) is 68.1 cm³/mol. The van der Waals surface area contributed by atoms with Crippen molar-refractivity contribution in [2.24, 2.45) is 5.73 Å². The maximum absolute atomic E-state index is 12.7. The van der Waals surface area contributed by atoms with Gasteiger partial charge in [-0.1, -0.05) is 0 Å². The van der Waals surface area contributed by atoms with Crippen molar-refractivity contribution >= 4 is 28.5 Å². The molecule has 0 spiro atoms. The fourth-order valence-corrected chi connectivity index (χ4v) is 2.16. The molecule has 0 aliphatic heterocycles. The minimum Gasteiger partial charge on any atom is -0.364 e. The maximum Gasteiger partial charge on any atom is 0.416 e. The van der Waals surface area contributed by atoms with Gasteiger partial charge >= 0.3 is 6.18 Å². The number of halogens is 4. The van der Waals surface area contributed by atoms with Gasteiger partial charge in [0, 0.05) is 9.13 Å². The Labute approximate surface area is 118 Å². The van der Waals surface area contributed by atoms with E-state index in [9.17, 15) is 18.0 Å². The number of rotatable bonds is 2. The normalized spacial score (nSPS) is 11.6. The van der Waals surface area contributed by atoms with Gasteiger partial charge in [-0.3, -0.25) is 4.79 Å². The summed E-state index contributed by atoms with van der Waals surface area (Å²) in [6.45, 7) is 0. The van der Waals surface area contributed by atoms with Crippen molar-refractivity contribution in [3.05, 3.63) is 33.0 Å². The molecule has 2 aromatic rings. The molecule has 1 aromatic heterocycles. The molecule has 0 fully saturated rings. The molecule has 0 saturated carbocycles. The first-order chi connectivity index (χ1) is 8.79. The third-order valence-electron chi connectivity index (χ3n) is 2.28. The van der Waals surface area contributed by atoms with E-state index in [1.54, 1.807) is 22.6 Å². The van der Waals surface area contributed by atoms with Crippen molar-refractivity contribution < 1.29 is 18.0 Å². The number of nitrogens with one attached hydrogen (secondary N) is 1. The molecule has 1 amide bonds. The second-order valence-electron chi connectivity index (χ2n) is 3.61. The molecule has 0 aliphatic rings. The molecule has 0 atom stereocenters. The summed E-state index contributed by atoms with van der Waals surface area (Å²) in [5, 5.41) is 9.35. The summed E-state index contributed by atoms with van der Waals surface area (Å²) in [7, 11) is 0. The van der Waals surface area contributed by atoms with Gasteiger partial charge in [0.05, 0.1) is 5.56 Å². The molecular formula is C10H6F3IN4O. The molecule has 5 nitrogen and oxygen atoms in total. The lowest BCUT2D eigenvalue weighted by Crippen LogP contribution is -2.13. The summed E-state index contributed by atoms with van der Waals surface area (Å²) in [6, 6.07) is 3.35. The summed E-state index contributed by atoms with van der Waals surface area (Å²) in [5.74, 6) is -0.865. The van der Waals surface area contributed by atoms with Crippen LogP contribution in [0.1, 0.15) is 16.1 Å². The molecular weight excluding hydrogens is 376 g/mol. The molecule has 2 rings (SSSR count). The van der Waals surface area contributed by atoms with Crippen molar-refractivity contribution in [3.8, 4) is 11.3 Å². The van der Waals surface area contributed by atoms with E-state index < -0.39 is 17.6 Å². The van der Waals surface area contributed by atoms with E-state index in [4.69, 9.17) is 5.73 Å². The first kappa shape index (κ1) is 13.8. The molecule has 0 unspecified atom stereocenters. The number of primary amides is 1. The molecule has 19 heavy (non-hydrogen) atoms. The highest BCUT2D eigenvalue weighted by Gasteiger charge is 2.31. The van der Waals surface area contributed by atoms with Crippen LogP contribution in [-0.2, 0) is 6.18 Å². The van der Waals surface area contributed by atoms with Crippen molar-refractivity contribution in [1.82, 2.24) is 15.4 Å². The first-order valence-electron chi connectivity index (χ1n) is 4.88. The largest absolute Gasteiger partial charge is 0.416 e. The molecule has 0 radical (unpaired) electrons. The molecule has 0 bridgehead atoms. The van der Waals surface area contributed by atoms with E-state index in [1.165, 1.54) is 6.07 Å². The third kappa shape index (κ3) is 2.85. The highest BCUT2D eigenvalue weighted by atomic mass is 127. The standard InChI is InChI=1S/C10H6F3IN4O/c11-10(12,13)5-1-4(2-6(14)3-5)7-8(9(15)19)17-18-16-7/h1-3H,(H2,15,19)(H,16,17,18). The number of nitrogens with two attached hydrogens (primary N) is 1. The maximum atomic E-state index is 12.7. The summed E-state index contributed by atoms with van der Waals surface area (Å²) in [4.78, 5) is 11.1. The quantitative estimate of drug-likeness (QED) is 0.782. The van der Waals surface area contributed by atoms with E-state index >= 15 is 0 Å². The van der Waals surface area contributed by atoms with Crippen LogP contribution in [0, 0.1) is 3.57 Å². The smallest absolute Gasteiger partial charge is 0.364 e. The second-order valence-corrected chi connectivity index (χ2v) is 4.86. The van der Waals surface area contributed by atoms with Crippen molar-refractivity contribution in [1.29, 1.82) is 0 Å². The number of aromatic amines is 1. The Morgan fingerprint density at radius 3 is 2.53 bits per heavy atom. The summed E-state index contributed by atoms with van der Waals surface area (Å²) < 4.78 is 38.5. The predicted octanol–water partition coefficient (Wildman–Crippen LogP) is 2.19. The zero-order valence-electron chi connectivity index (χ0n) is 9.12. The molecule has 9 heteroatoms. The average Bonchev–Trinajstić information content (AvgIpc) is 2.75. The van der Waals surface area contributed by atoms with Crippen LogP contribution in [0.4, 0.5) is 13.2 Å². The lowest BCUT2D eigenvalue weighted by molar-refractivity contribution is -0.137. The first-order valence-corrected chi connectivity index (χ1v) is 5.95. The van der Waals surface area contributed by atoms with Gasteiger partial charge in [0.25, 0.3) is 5.91 Å². The summed E-state index contributed by atoms with van der Waals surface area (Å²) in [5.41, 5.74) is 4.17. The van der Waals surface area contributed by atoms with Gasteiger partial charge in [-0.25, -0.2) is 0 Å². The van der Waals surface area contributed by atoms with E-state index in [0.717, 1.165) is 12.1 Å². The van der Waals surface area contributed by atoms with Gasteiger partial charge < -0.3 is 5.73 Å². The number of aromatic nitrogens is 3. The highest BCUT2D eigenvalue weighted by Crippen LogP contribution is 2.33. The van der Waals surface area contributed by atoms with Gasteiger partial charge in [0.15, 0.2) is 5.69 Å². The Balaban J connectivity index is 2.60.